The van der Waals surface area contributed by atoms with Crippen LogP contribution in [-0.2, 0) is 6.54 Å². The molecule has 0 spiro atoms. The summed E-state index contributed by atoms with van der Waals surface area (Å²) in [5, 5.41) is 11.5. The van der Waals surface area contributed by atoms with Crippen molar-refractivity contribution >= 4 is 0 Å². The fourth-order valence-corrected chi connectivity index (χ4v) is 1.23. The standard InChI is InChI=1S/C10H16N4/c11-4-3-6-12-5-1-2-8-14-9-7-13-10-14/h7,9-10,12H,1-3,5-6,8H2. The van der Waals surface area contributed by atoms with Gasteiger partial charge < -0.3 is 9.88 Å². The van der Waals surface area contributed by atoms with Crippen LogP contribution in [0.15, 0.2) is 18.7 Å². The van der Waals surface area contributed by atoms with E-state index in [4.69, 9.17) is 5.26 Å². The number of unbranched alkanes of at least 4 members (excludes halogenated alkanes) is 1. The Kier molecular flexibility index (Phi) is 5.45. The number of imidazole rings is 1. The topological polar surface area (TPSA) is 53.6 Å². The van der Waals surface area contributed by atoms with Crippen molar-refractivity contribution in [2.75, 3.05) is 13.1 Å². The maximum absolute atomic E-state index is 8.29. The fraction of sp³-hybridized carbons (Fsp3) is 0.600. The highest BCUT2D eigenvalue weighted by molar-refractivity contribution is 4.73. The lowest BCUT2D eigenvalue weighted by atomic mass is 10.3. The largest absolute Gasteiger partial charge is 0.337 e. The molecule has 1 N–H and O–H groups in total. The zero-order chi connectivity index (χ0) is 10.1. The molecule has 1 heterocycles. The second-order valence-corrected chi connectivity index (χ2v) is 3.17. The van der Waals surface area contributed by atoms with E-state index in [0.717, 1.165) is 32.5 Å². The van der Waals surface area contributed by atoms with Gasteiger partial charge in [-0.3, -0.25) is 0 Å². The summed E-state index contributed by atoms with van der Waals surface area (Å²) in [6.07, 6.45) is 8.50. The molecule has 76 valence electrons. The second-order valence-electron chi connectivity index (χ2n) is 3.17. The van der Waals surface area contributed by atoms with Crippen LogP contribution in [0.4, 0.5) is 0 Å². The van der Waals surface area contributed by atoms with Crippen LogP contribution in [0.1, 0.15) is 19.3 Å². The molecule has 0 aliphatic carbocycles. The summed E-state index contributed by atoms with van der Waals surface area (Å²) in [6, 6.07) is 2.11. The monoisotopic (exact) mass is 192 g/mol. The first kappa shape index (κ1) is 10.7. The smallest absolute Gasteiger partial charge is 0.0945 e. The number of nitrogens with one attached hydrogen (secondary N) is 1. The molecule has 1 rings (SSSR count). The number of aromatic nitrogens is 2. The summed E-state index contributed by atoms with van der Waals surface area (Å²) in [4.78, 5) is 3.97. The van der Waals surface area contributed by atoms with Crippen molar-refractivity contribution in [3.63, 3.8) is 0 Å². The lowest BCUT2D eigenvalue weighted by Crippen LogP contribution is -2.16. The van der Waals surface area contributed by atoms with Crippen LogP contribution in [0.3, 0.4) is 0 Å². The van der Waals surface area contributed by atoms with E-state index in [0.29, 0.717) is 6.42 Å². The molecule has 0 unspecified atom stereocenters. The van der Waals surface area contributed by atoms with E-state index in [-0.39, 0.29) is 0 Å². The molecule has 1 aromatic heterocycles. The van der Waals surface area contributed by atoms with Crippen LogP contribution in [-0.4, -0.2) is 22.6 Å². The van der Waals surface area contributed by atoms with Crippen molar-refractivity contribution in [3.05, 3.63) is 18.7 Å². The second kappa shape index (κ2) is 7.10. The molecule has 4 nitrogen and oxygen atoms in total. The molecule has 0 atom stereocenters. The zero-order valence-corrected chi connectivity index (χ0v) is 8.32. The Morgan fingerprint density at radius 3 is 3.00 bits per heavy atom. The molecule has 4 heteroatoms. The van der Waals surface area contributed by atoms with E-state index in [2.05, 4.69) is 20.9 Å². The average Bonchev–Trinajstić information content (AvgIpc) is 2.69. The first-order valence-corrected chi connectivity index (χ1v) is 4.97. The SMILES string of the molecule is N#CCCNCCCCn1ccnc1. The van der Waals surface area contributed by atoms with Crippen molar-refractivity contribution in [2.45, 2.75) is 25.8 Å². The molecule has 0 saturated carbocycles. The van der Waals surface area contributed by atoms with E-state index < -0.39 is 0 Å². The van der Waals surface area contributed by atoms with Crippen molar-refractivity contribution in [1.82, 2.24) is 14.9 Å². The molecule has 0 saturated heterocycles. The molecular formula is C10H16N4. The van der Waals surface area contributed by atoms with Crippen molar-refractivity contribution in [3.8, 4) is 6.07 Å². The van der Waals surface area contributed by atoms with Gasteiger partial charge in [0.15, 0.2) is 0 Å². The summed E-state index contributed by atoms with van der Waals surface area (Å²) >= 11 is 0. The van der Waals surface area contributed by atoms with Crippen molar-refractivity contribution in [2.24, 2.45) is 0 Å². The van der Waals surface area contributed by atoms with Crippen LogP contribution in [0.5, 0.6) is 0 Å². The van der Waals surface area contributed by atoms with E-state index in [9.17, 15) is 0 Å². The first-order chi connectivity index (χ1) is 6.93. The van der Waals surface area contributed by atoms with Gasteiger partial charge in [-0.25, -0.2) is 4.98 Å². The van der Waals surface area contributed by atoms with E-state index in [1.54, 1.807) is 6.20 Å². The molecular weight excluding hydrogens is 176 g/mol. The average molecular weight is 192 g/mol. The maximum atomic E-state index is 8.29. The van der Waals surface area contributed by atoms with Crippen molar-refractivity contribution < 1.29 is 0 Å². The molecule has 0 aromatic carbocycles. The van der Waals surface area contributed by atoms with Gasteiger partial charge in [0.2, 0.25) is 0 Å². The minimum atomic E-state index is 0.599. The Balaban J connectivity index is 1.88. The Morgan fingerprint density at radius 1 is 1.36 bits per heavy atom. The lowest BCUT2D eigenvalue weighted by molar-refractivity contribution is 0.571. The van der Waals surface area contributed by atoms with Crippen LogP contribution < -0.4 is 5.32 Å². The van der Waals surface area contributed by atoms with Gasteiger partial charge in [0, 0.05) is 31.9 Å². The zero-order valence-electron chi connectivity index (χ0n) is 8.32. The summed E-state index contributed by atoms with van der Waals surface area (Å²) < 4.78 is 2.08. The third kappa shape index (κ3) is 4.63. The van der Waals surface area contributed by atoms with Crippen LogP contribution in [0, 0.1) is 11.3 Å². The molecule has 1 aromatic rings. The minimum Gasteiger partial charge on any atom is -0.337 e. The molecule has 0 bridgehead atoms. The Labute approximate surface area is 84.6 Å². The highest BCUT2D eigenvalue weighted by Crippen LogP contribution is 1.93. The fourth-order valence-electron chi connectivity index (χ4n) is 1.23. The number of rotatable bonds is 7. The summed E-state index contributed by atoms with van der Waals surface area (Å²) in [5.74, 6) is 0. The van der Waals surface area contributed by atoms with Gasteiger partial charge in [-0.1, -0.05) is 0 Å². The van der Waals surface area contributed by atoms with Gasteiger partial charge in [0.05, 0.1) is 12.4 Å². The van der Waals surface area contributed by atoms with Gasteiger partial charge in [-0.2, -0.15) is 5.26 Å². The predicted octanol–water partition coefficient (Wildman–Crippen LogP) is 1.17. The third-order valence-corrected chi connectivity index (χ3v) is 1.99. The maximum Gasteiger partial charge on any atom is 0.0945 e. The minimum absolute atomic E-state index is 0.599. The molecule has 0 fully saturated rings. The Bertz CT molecular complexity index is 260. The molecule has 14 heavy (non-hydrogen) atoms. The summed E-state index contributed by atoms with van der Waals surface area (Å²) in [5.41, 5.74) is 0. The number of hydrogen-bond acceptors (Lipinski definition) is 3. The predicted molar refractivity (Wildman–Crippen MR) is 54.6 cm³/mol. The number of nitriles is 1. The van der Waals surface area contributed by atoms with Crippen LogP contribution >= 0.6 is 0 Å². The summed E-state index contributed by atoms with van der Waals surface area (Å²) in [6.45, 7) is 2.83. The summed E-state index contributed by atoms with van der Waals surface area (Å²) in [7, 11) is 0. The molecule has 0 aliphatic heterocycles. The first-order valence-electron chi connectivity index (χ1n) is 4.97. The number of aryl methyl sites for hydroxylation is 1. The van der Waals surface area contributed by atoms with Gasteiger partial charge in [-0.15, -0.1) is 0 Å². The van der Waals surface area contributed by atoms with Crippen LogP contribution in [0.2, 0.25) is 0 Å². The normalized spacial score (nSPS) is 9.93. The molecule has 0 radical (unpaired) electrons. The van der Waals surface area contributed by atoms with Crippen LogP contribution in [0.25, 0.3) is 0 Å². The highest BCUT2D eigenvalue weighted by Gasteiger charge is 1.90. The van der Waals surface area contributed by atoms with E-state index in [1.165, 1.54) is 0 Å². The third-order valence-electron chi connectivity index (χ3n) is 1.99. The molecule has 0 amide bonds. The van der Waals surface area contributed by atoms with Gasteiger partial charge >= 0.3 is 0 Å². The van der Waals surface area contributed by atoms with Crippen molar-refractivity contribution in [1.29, 1.82) is 5.26 Å². The van der Waals surface area contributed by atoms with Gasteiger partial charge in [0.1, 0.15) is 0 Å². The van der Waals surface area contributed by atoms with E-state index >= 15 is 0 Å². The number of hydrogen-bond donors (Lipinski definition) is 1. The highest BCUT2D eigenvalue weighted by atomic mass is 15.0. The van der Waals surface area contributed by atoms with E-state index in [1.807, 2.05) is 12.5 Å². The molecule has 0 aliphatic rings. The van der Waals surface area contributed by atoms with Gasteiger partial charge in [-0.05, 0) is 19.4 Å². The Hall–Kier alpha value is -1.34. The number of nitrogens with zero attached hydrogens (tertiary/aromatic N) is 3. The van der Waals surface area contributed by atoms with Gasteiger partial charge in [0.25, 0.3) is 0 Å². The lowest BCUT2D eigenvalue weighted by Gasteiger charge is -2.02. The quantitative estimate of drug-likeness (QED) is 0.660. The Morgan fingerprint density at radius 2 is 2.29 bits per heavy atom.